The van der Waals surface area contributed by atoms with E-state index in [0.717, 1.165) is 31.0 Å². The molecule has 0 atom stereocenters. The van der Waals surface area contributed by atoms with Gasteiger partial charge in [0.05, 0.1) is 28.6 Å². The number of hydrogen-bond donors (Lipinski definition) is 2. The van der Waals surface area contributed by atoms with E-state index in [4.69, 9.17) is 16.3 Å². The van der Waals surface area contributed by atoms with Gasteiger partial charge in [0.25, 0.3) is 5.56 Å². The highest BCUT2D eigenvalue weighted by molar-refractivity contribution is 6.33. The molecule has 1 saturated heterocycles. The number of benzene rings is 1. The number of amides is 1. The van der Waals surface area contributed by atoms with Gasteiger partial charge in [-0.1, -0.05) is 18.5 Å². The summed E-state index contributed by atoms with van der Waals surface area (Å²) in [5.74, 6) is 0.320. The molecule has 0 saturated carbocycles. The number of hydrogen-bond acceptors (Lipinski definition) is 7. The van der Waals surface area contributed by atoms with Gasteiger partial charge in [0.15, 0.2) is 5.76 Å². The Kier molecular flexibility index (Phi) is 7.54. The van der Waals surface area contributed by atoms with Crippen molar-refractivity contribution in [3.8, 4) is 0 Å². The molecule has 4 heterocycles. The monoisotopic (exact) mass is 565 g/mol. The molecule has 10 nitrogen and oxygen atoms in total. The molecule has 5 rings (SSSR count). The van der Waals surface area contributed by atoms with Gasteiger partial charge in [-0.25, -0.2) is 0 Å². The van der Waals surface area contributed by atoms with Crippen LogP contribution in [0.3, 0.4) is 0 Å². The molecule has 2 aliphatic heterocycles. The maximum atomic E-state index is 13.7. The Labute approximate surface area is 226 Å². The Hall–Kier alpha value is -3.58. The average Bonchev–Trinajstić information content (AvgIpc) is 3.38. The number of alkyl halides is 3. The van der Waals surface area contributed by atoms with Crippen molar-refractivity contribution >= 4 is 40.4 Å². The van der Waals surface area contributed by atoms with Crippen LogP contribution >= 0.6 is 11.6 Å². The quantitative estimate of drug-likeness (QED) is 0.472. The zero-order valence-corrected chi connectivity index (χ0v) is 21.9. The molecule has 2 N–H and O–H groups in total. The van der Waals surface area contributed by atoms with Crippen LogP contribution in [0.5, 0.6) is 0 Å². The van der Waals surface area contributed by atoms with E-state index in [1.807, 2.05) is 17.9 Å². The average molecular weight is 566 g/mol. The zero-order chi connectivity index (χ0) is 27.7. The van der Waals surface area contributed by atoms with E-state index >= 15 is 0 Å². The van der Waals surface area contributed by atoms with Gasteiger partial charge in [-0.2, -0.15) is 22.7 Å². The minimum absolute atomic E-state index is 0.0371. The predicted molar refractivity (Wildman–Crippen MR) is 140 cm³/mol. The molecule has 0 radical (unpaired) electrons. The number of carbonyl (C=O) groups is 1. The maximum Gasteiger partial charge on any atom is 0.416 e. The van der Waals surface area contributed by atoms with Gasteiger partial charge < -0.3 is 24.8 Å². The van der Waals surface area contributed by atoms with Crippen molar-refractivity contribution in [1.29, 1.82) is 0 Å². The number of ether oxygens (including phenoxy) is 1. The maximum absolute atomic E-state index is 13.7. The van der Waals surface area contributed by atoms with Gasteiger partial charge in [-0.05, 0) is 43.5 Å². The van der Waals surface area contributed by atoms with Crippen LogP contribution in [-0.2, 0) is 28.7 Å². The third-order valence-corrected chi connectivity index (χ3v) is 6.93. The number of halogens is 4. The van der Waals surface area contributed by atoms with E-state index in [0.29, 0.717) is 56.3 Å². The van der Waals surface area contributed by atoms with Crippen molar-refractivity contribution in [2.45, 2.75) is 38.9 Å². The highest BCUT2D eigenvalue weighted by atomic mass is 35.5. The zero-order valence-electron chi connectivity index (χ0n) is 21.1. The summed E-state index contributed by atoms with van der Waals surface area (Å²) in [5.41, 5.74) is -0.199. The molecule has 0 bridgehead atoms. The van der Waals surface area contributed by atoms with Crippen LogP contribution in [0.15, 0.2) is 29.1 Å². The van der Waals surface area contributed by atoms with Crippen LogP contribution in [0.1, 0.15) is 36.8 Å². The Morgan fingerprint density at radius 1 is 1.26 bits per heavy atom. The van der Waals surface area contributed by atoms with Crippen molar-refractivity contribution < 1.29 is 22.7 Å². The van der Waals surface area contributed by atoms with Crippen molar-refractivity contribution in [2.75, 3.05) is 43.0 Å². The Morgan fingerprint density at radius 3 is 2.67 bits per heavy atom. The number of aromatic nitrogens is 4. The molecular weight excluding hydrogens is 539 g/mol. The standard InChI is InChI=1S/C25H27ClF3N7O3/c1-2-18-21(34-10-8-30-9-11-34)23(38)36-24(32-22(33-36)19-5-3-4-12-39-19)35(18)14-20(37)31-17-7-6-15(13-16(17)26)25(27,28)29/h5-7,13,30H,2-4,8-12,14H2,1H3,(H,31,37). The van der Waals surface area contributed by atoms with Crippen LogP contribution in [0.2, 0.25) is 5.02 Å². The number of rotatable bonds is 6. The first-order valence-corrected chi connectivity index (χ1v) is 13.0. The van der Waals surface area contributed by atoms with Crippen molar-refractivity contribution in [2.24, 2.45) is 0 Å². The molecule has 1 fully saturated rings. The molecule has 39 heavy (non-hydrogen) atoms. The van der Waals surface area contributed by atoms with E-state index in [1.54, 1.807) is 4.57 Å². The normalized spacial score (nSPS) is 16.2. The molecule has 1 amide bonds. The van der Waals surface area contributed by atoms with Gasteiger partial charge in [0, 0.05) is 26.2 Å². The highest BCUT2D eigenvalue weighted by Gasteiger charge is 2.31. The summed E-state index contributed by atoms with van der Waals surface area (Å²) < 4.78 is 47.6. The first-order chi connectivity index (χ1) is 18.7. The Morgan fingerprint density at radius 2 is 2.03 bits per heavy atom. The third-order valence-electron chi connectivity index (χ3n) is 6.62. The van der Waals surface area contributed by atoms with Gasteiger partial charge in [0.1, 0.15) is 12.2 Å². The molecule has 0 unspecified atom stereocenters. The number of anilines is 2. The molecule has 3 aromatic rings. The largest absolute Gasteiger partial charge is 0.490 e. The topological polar surface area (TPSA) is 106 Å². The molecule has 0 spiro atoms. The summed E-state index contributed by atoms with van der Waals surface area (Å²) in [6.07, 6.45) is -0.626. The molecule has 2 aliphatic rings. The van der Waals surface area contributed by atoms with Crippen LogP contribution in [0.25, 0.3) is 11.5 Å². The number of carbonyl (C=O) groups excluding carboxylic acids is 1. The summed E-state index contributed by atoms with van der Waals surface area (Å²) >= 11 is 6.05. The lowest BCUT2D eigenvalue weighted by Gasteiger charge is -2.31. The molecule has 1 aromatic carbocycles. The minimum atomic E-state index is -4.56. The van der Waals surface area contributed by atoms with E-state index in [1.165, 1.54) is 4.52 Å². The number of nitrogens with zero attached hydrogens (tertiary/aromatic N) is 5. The second-order valence-electron chi connectivity index (χ2n) is 9.22. The smallest absolute Gasteiger partial charge is 0.416 e. The van der Waals surface area contributed by atoms with Crippen LogP contribution in [0.4, 0.5) is 24.5 Å². The van der Waals surface area contributed by atoms with E-state index in [2.05, 4.69) is 20.7 Å². The number of fused-ring (bicyclic) bond motifs is 1. The summed E-state index contributed by atoms with van der Waals surface area (Å²) in [4.78, 5) is 33.4. The molecule has 208 valence electrons. The summed E-state index contributed by atoms with van der Waals surface area (Å²) in [6, 6.07) is 2.72. The second kappa shape index (κ2) is 10.9. The summed E-state index contributed by atoms with van der Waals surface area (Å²) in [6.45, 7) is 4.68. The first kappa shape index (κ1) is 27.0. The van der Waals surface area contributed by atoms with Crippen molar-refractivity contribution in [3.05, 3.63) is 56.7 Å². The van der Waals surface area contributed by atoms with Crippen molar-refractivity contribution in [3.63, 3.8) is 0 Å². The lowest BCUT2D eigenvalue weighted by Crippen LogP contribution is -2.47. The number of nitrogens with one attached hydrogen (secondary N) is 2. The Bertz CT molecular complexity index is 1490. The van der Waals surface area contributed by atoms with Crippen LogP contribution < -0.4 is 21.1 Å². The molecule has 14 heteroatoms. The SMILES string of the molecule is CCc1c(N2CCNCC2)c(=O)n2nc(C3=CCCCO3)nc2n1CC(=O)Nc1ccc(C(F)(F)F)cc1Cl. The first-order valence-electron chi connectivity index (χ1n) is 12.7. The molecular formula is C25H27ClF3N7O3. The fraction of sp³-hybridized carbons (Fsp3) is 0.440. The lowest BCUT2D eigenvalue weighted by atomic mass is 10.2. The van der Waals surface area contributed by atoms with Gasteiger partial charge in [0.2, 0.25) is 17.5 Å². The third kappa shape index (κ3) is 5.46. The molecule has 2 aromatic heterocycles. The fourth-order valence-corrected chi connectivity index (χ4v) is 4.99. The fourth-order valence-electron chi connectivity index (χ4n) is 4.76. The second-order valence-corrected chi connectivity index (χ2v) is 9.63. The minimum Gasteiger partial charge on any atom is -0.490 e. The number of allylic oxidation sites excluding steroid dienone is 1. The van der Waals surface area contributed by atoms with Crippen LogP contribution in [-0.4, -0.2) is 57.9 Å². The van der Waals surface area contributed by atoms with E-state index < -0.39 is 17.6 Å². The van der Waals surface area contributed by atoms with Gasteiger partial charge >= 0.3 is 6.18 Å². The Balaban J connectivity index is 1.56. The molecule has 0 aliphatic carbocycles. The number of piperazine rings is 1. The lowest BCUT2D eigenvalue weighted by molar-refractivity contribution is -0.137. The summed E-state index contributed by atoms with van der Waals surface area (Å²) in [5, 5.41) is 10.0. The van der Waals surface area contributed by atoms with Gasteiger partial charge in [-0.3, -0.25) is 9.59 Å². The predicted octanol–water partition coefficient (Wildman–Crippen LogP) is 3.33. The van der Waals surface area contributed by atoms with E-state index in [9.17, 15) is 22.8 Å². The van der Waals surface area contributed by atoms with Gasteiger partial charge in [-0.15, -0.1) is 5.10 Å². The highest BCUT2D eigenvalue weighted by Crippen LogP contribution is 2.34. The van der Waals surface area contributed by atoms with Crippen LogP contribution in [0, 0.1) is 0 Å². The van der Waals surface area contributed by atoms with Crippen molar-refractivity contribution in [1.82, 2.24) is 24.5 Å². The van der Waals surface area contributed by atoms with E-state index in [-0.39, 0.29) is 34.4 Å². The summed E-state index contributed by atoms with van der Waals surface area (Å²) in [7, 11) is 0.